The topological polar surface area (TPSA) is 110 Å². The van der Waals surface area contributed by atoms with Crippen LogP contribution in [0.15, 0.2) is 24.5 Å². The maximum atomic E-state index is 13.1. The van der Waals surface area contributed by atoms with Crippen LogP contribution in [0.5, 0.6) is 0 Å². The third-order valence-corrected chi connectivity index (χ3v) is 9.83. The highest BCUT2D eigenvalue weighted by molar-refractivity contribution is 7.95. The molecule has 40 heavy (non-hydrogen) atoms. The lowest BCUT2D eigenvalue weighted by molar-refractivity contribution is 0.0787. The lowest BCUT2D eigenvalue weighted by Crippen LogP contribution is -2.27. The SMILES string of the molecule is Cc1nc(N2C[C@@H]3C(CO)[C@@H]3C2)ccc1Cn1cc(C(=O)N[C@@H]2CCc3c2nn(COCC[S+](C)C)c3C)cn1. The molecule has 1 aliphatic heterocycles. The molecule has 1 amide bonds. The quantitative estimate of drug-likeness (QED) is 0.270. The van der Waals surface area contributed by atoms with E-state index in [4.69, 9.17) is 14.8 Å². The van der Waals surface area contributed by atoms with Gasteiger partial charge in [-0.2, -0.15) is 10.2 Å². The highest BCUT2D eigenvalue weighted by atomic mass is 32.2. The van der Waals surface area contributed by atoms with Gasteiger partial charge < -0.3 is 20.1 Å². The minimum absolute atomic E-state index is 0.105. The Morgan fingerprint density at radius 3 is 2.75 bits per heavy atom. The van der Waals surface area contributed by atoms with Crippen molar-refractivity contribution >= 4 is 22.6 Å². The second-order valence-electron chi connectivity index (χ2n) is 11.7. The molecule has 0 bridgehead atoms. The zero-order valence-electron chi connectivity index (χ0n) is 23.8. The number of aliphatic hydroxyl groups is 1. The van der Waals surface area contributed by atoms with Crippen LogP contribution in [-0.4, -0.2) is 80.1 Å². The number of aryl methyl sites for hydroxylation is 1. The smallest absolute Gasteiger partial charge is 0.255 e. The molecule has 2 aliphatic carbocycles. The summed E-state index contributed by atoms with van der Waals surface area (Å²) in [6.07, 6.45) is 9.62. The maximum absolute atomic E-state index is 13.1. The van der Waals surface area contributed by atoms with E-state index in [1.165, 1.54) is 5.56 Å². The van der Waals surface area contributed by atoms with Gasteiger partial charge >= 0.3 is 0 Å². The summed E-state index contributed by atoms with van der Waals surface area (Å²) in [7, 11) is 0.366. The molecule has 3 aromatic rings. The lowest BCUT2D eigenvalue weighted by atomic mass is 10.2. The number of anilines is 1. The number of nitrogens with one attached hydrogen (secondary N) is 1. The number of nitrogens with zero attached hydrogens (tertiary/aromatic N) is 6. The molecule has 3 aromatic heterocycles. The van der Waals surface area contributed by atoms with Crippen LogP contribution in [-0.2, 0) is 35.3 Å². The van der Waals surface area contributed by atoms with Gasteiger partial charge in [0.1, 0.15) is 18.3 Å². The van der Waals surface area contributed by atoms with Gasteiger partial charge in [0, 0.05) is 37.3 Å². The summed E-state index contributed by atoms with van der Waals surface area (Å²) in [6, 6.07) is 4.08. The predicted octanol–water partition coefficient (Wildman–Crippen LogP) is 2.08. The van der Waals surface area contributed by atoms with Crippen molar-refractivity contribution in [1.82, 2.24) is 29.9 Å². The van der Waals surface area contributed by atoms with E-state index < -0.39 is 0 Å². The zero-order valence-corrected chi connectivity index (χ0v) is 24.7. The first-order chi connectivity index (χ1) is 19.3. The summed E-state index contributed by atoms with van der Waals surface area (Å²) in [6.45, 7) is 8.10. The average molecular weight is 567 g/mol. The van der Waals surface area contributed by atoms with Crippen molar-refractivity contribution in [1.29, 1.82) is 0 Å². The minimum Gasteiger partial charge on any atom is -0.396 e. The fourth-order valence-corrected chi connectivity index (χ4v) is 6.73. The number of rotatable bonds is 11. The minimum atomic E-state index is -0.135. The van der Waals surface area contributed by atoms with Gasteiger partial charge in [-0.1, -0.05) is 6.07 Å². The van der Waals surface area contributed by atoms with Gasteiger partial charge in [0.2, 0.25) is 0 Å². The van der Waals surface area contributed by atoms with Gasteiger partial charge in [-0.25, -0.2) is 9.67 Å². The standard InChI is InChI=1S/C29H39N7O3S/c1-18-20(5-8-27(31-18)34-14-23-24(15-34)25(23)16-37)12-35-13-21(11-30-35)29(38)32-26-7-6-22-19(2)36(33-28(22)26)17-39-9-10-40(3)4/h5,8,11,13,23-26,37H,6-7,9-10,12,14-17H2,1-4H3/p+1/t23-,24+,25?,26-/m1/s1. The predicted molar refractivity (Wildman–Crippen MR) is 156 cm³/mol. The summed E-state index contributed by atoms with van der Waals surface area (Å²) in [4.78, 5) is 20.3. The number of amides is 1. The molecule has 11 heteroatoms. The summed E-state index contributed by atoms with van der Waals surface area (Å²) in [5.74, 6) is 3.64. The zero-order chi connectivity index (χ0) is 28.0. The van der Waals surface area contributed by atoms with E-state index in [1.807, 2.05) is 11.6 Å². The van der Waals surface area contributed by atoms with Gasteiger partial charge in [0.15, 0.2) is 0 Å². The van der Waals surface area contributed by atoms with Gasteiger partial charge in [0.25, 0.3) is 5.91 Å². The summed E-state index contributed by atoms with van der Waals surface area (Å²) >= 11 is 0. The molecular formula is C29H40N7O3S+. The van der Waals surface area contributed by atoms with Crippen molar-refractivity contribution in [3.05, 3.63) is 58.3 Å². The summed E-state index contributed by atoms with van der Waals surface area (Å²) < 4.78 is 9.55. The van der Waals surface area contributed by atoms with Crippen molar-refractivity contribution in [3.63, 3.8) is 0 Å². The molecule has 2 N–H and O–H groups in total. The third kappa shape index (κ3) is 5.38. The fraction of sp³-hybridized carbons (Fsp3) is 0.586. The molecule has 10 nitrogen and oxygen atoms in total. The number of hydrogen-bond acceptors (Lipinski definition) is 7. The van der Waals surface area contributed by atoms with Crippen molar-refractivity contribution < 1.29 is 14.6 Å². The Bertz CT molecular complexity index is 1370. The molecule has 3 aliphatic rings. The van der Waals surface area contributed by atoms with E-state index in [0.29, 0.717) is 54.1 Å². The molecule has 4 atom stereocenters. The number of aromatic nitrogens is 5. The molecule has 1 saturated carbocycles. The van der Waals surface area contributed by atoms with Crippen LogP contribution >= 0.6 is 0 Å². The van der Waals surface area contributed by atoms with Crippen LogP contribution < -0.4 is 10.2 Å². The monoisotopic (exact) mass is 566 g/mol. The lowest BCUT2D eigenvalue weighted by Gasteiger charge is -2.21. The second-order valence-corrected chi connectivity index (χ2v) is 14.0. The first-order valence-corrected chi connectivity index (χ1v) is 16.4. The van der Waals surface area contributed by atoms with E-state index in [0.717, 1.165) is 66.8 Å². The number of hydrogen-bond donors (Lipinski definition) is 2. The van der Waals surface area contributed by atoms with Gasteiger partial charge in [-0.3, -0.25) is 9.48 Å². The molecule has 0 aromatic carbocycles. The molecule has 1 unspecified atom stereocenters. The number of piperidine rings is 1. The van der Waals surface area contributed by atoms with Gasteiger partial charge in [-0.15, -0.1) is 0 Å². The van der Waals surface area contributed by atoms with Crippen molar-refractivity contribution in [2.75, 3.05) is 49.5 Å². The molecule has 4 heterocycles. The van der Waals surface area contributed by atoms with E-state index in [2.05, 4.69) is 46.9 Å². The van der Waals surface area contributed by atoms with Crippen LogP contribution in [0.1, 0.15) is 51.0 Å². The highest BCUT2D eigenvalue weighted by Gasteiger charge is 2.55. The van der Waals surface area contributed by atoms with Crippen LogP contribution in [0.25, 0.3) is 0 Å². The van der Waals surface area contributed by atoms with Crippen LogP contribution in [0.2, 0.25) is 0 Å². The fourth-order valence-electron chi connectivity index (χ4n) is 6.27. The number of ether oxygens (including phenoxy) is 1. The number of pyridine rings is 1. The van der Waals surface area contributed by atoms with E-state index in [9.17, 15) is 9.90 Å². The molecule has 214 valence electrons. The van der Waals surface area contributed by atoms with E-state index in [1.54, 1.807) is 17.1 Å². The number of carbonyl (C=O) groups excluding carboxylic acids is 1. The Balaban J connectivity index is 1.04. The summed E-state index contributed by atoms with van der Waals surface area (Å²) in [5.41, 5.74) is 5.89. The van der Waals surface area contributed by atoms with Gasteiger partial charge in [0.05, 0.1) is 49.2 Å². The Kier molecular flexibility index (Phi) is 7.62. The summed E-state index contributed by atoms with van der Waals surface area (Å²) in [5, 5.41) is 21.8. The van der Waals surface area contributed by atoms with E-state index in [-0.39, 0.29) is 11.9 Å². The highest BCUT2D eigenvalue weighted by Crippen LogP contribution is 2.51. The first kappa shape index (κ1) is 27.3. The van der Waals surface area contributed by atoms with E-state index >= 15 is 0 Å². The molecule has 6 rings (SSSR count). The van der Waals surface area contributed by atoms with Crippen molar-refractivity contribution in [2.24, 2.45) is 17.8 Å². The molecule has 0 radical (unpaired) electrons. The number of carbonyl (C=O) groups is 1. The van der Waals surface area contributed by atoms with Gasteiger partial charge in [-0.05, 0) is 72.5 Å². The Morgan fingerprint density at radius 1 is 1.23 bits per heavy atom. The Morgan fingerprint density at radius 2 is 2.02 bits per heavy atom. The average Bonchev–Trinajstić information content (AvgIpc) is 3.44. The largest absolute Gasteiger partial charge is 0.396 e. The Hall–Kier alpha value is -2.89. The molecule has 0 spiro atoms. The van der Waals surface area contributed by atoms with Crippen LogP contribution in [0.3, 0.4) is 0 Å². The van der Waals surface area contributed by atoms with Crippen molar-refractivity contribution in [2.45, 2.75) is 46.0 Å². The number of aliphatic hydroxyl groups excluding tert-OH is 1. The Labute approximate surface area is 238 Å². The van der Waals surface area contributed by atoms with Crippen molar-refractivity contribution in [3.8, 4) is 0 Å². The first-order valence-electron chi connectivity index (χ1n) is 14.2. The normalized spacial score (nSPS) is 23.1. The third-order valence-electron chi connectivity index (χ3n) is 8.84. The molecule has 1 saturated heterocycles. The molecular weight excluding hydrogens is 526 g/mol. The number of fused-ring (bicyclic) bond motifs is 2. The van der Waals surface area contributed by atoms with Crippen LogP contribution in [0.4, 0.5) is 5.82 Å². The molecule has 2 fully saturated rings. The maximum Gasteiger partial charge on any atom is 0.255 e. The van der Waals surface area contributed by atoms with Crippen LogP contribution in [0, 0.1) is 31.6 Å². The second kappa shape index (κ2) is 11.2.